The molecular weight excluding hydrogens is 432 g/mol. The SMILES string of the molecule is COc1ccc(/C(=C\c2ccccc2)C(=O)N2CCc3ccc(C(=O)NO)cc3C2)cc1OC. The second-order valence-corrected chi connectivity index (χ2v) is 7.94. The number of carbonyl (C=O) groups excluding carboxylic acids is 2. The predicted octanol–water partition coefficient (Wildman–Crippen LogP) is 3.95. The summed E-state index contributed by atoms with van der Waals surface area (Å²) in [5, 5.41) is 8.96. The van der Waals surface area contributed by atoms with Crippen LogP contribution in [0, 0.1) is 0 Å². The Morgan fingerprint density at radius 1 is 0.912 bits per heavy atom. The van der Waals surface area contributed by atoms with Gasteiger partial charge < -0.3 is 14.4 Å². The summed E-state index contributed by atoms with van der Waals surface area (Å²) in [4.78, 5) is 27.4. The molecule has 34 heavy (non-hydrogen) atoms. The number of fused-ring (bicyclic) bond motifs is 1. The summed E-state index contributed by atoms with van der Waals surface area (Å²) in [5.74, 6) is 0.412. The number of benzene rings is 3. The molecule has 2 N–H and O–H groups in total. The van der Waals surface area contributed by atoms with Crippen molar-refractivity contribution in [1.29, 1.82) is 0 Å². The van der Waals surface area contributed by atoms with Gasteiger partial charge in [-0.05, 0) is 59.0 Å². The zero-order valence-corrected chi connectivity index (χ0v) is 19.1. The van der Waals surface area contributed by atoms with E-state index in [9.17, 15) is 9.59 Å². The van der Waals surface area contributed by atoms with E-state index in [2.05, 4.69) is 0 Å². The quantitative estimate of drug-likeness (QED) is 0.253. The Morgan fingerprint density at radius 3 is 2.35 bits per heavy atom. The van der Waals surface area contributed by atoms with Crippen LogP contribution in [-0.4, -0.2) is 42.7 Å². The van der Waals surface area contributed by atoms with Crippen LogP contribution in [0.2, 0.25) is 0 Å². The summed E-state index contributed by atoms with van der Waals surface area (Å²) in [5.41, 5.74) is 6.11. The fourth-order valence-corrected chi connectivity index (χ4v) is 4.09. The number of rotatable bonds is 6. The minimum absolute atomic E-state index is 0.126. The van der Waals surface area contributed by atoms with E-state index in [-0.39, 0.29) is 5.91 Å². The number of nitrogens with one attached hydrogen (secondary N) is 1. The Labute approximate surface area is 198 Å². The van der Waals surface area contributed by atoms with E-state index in [1.807, 2.05) is 48.5 Å². The number of methoxy groups -OCH3 is 2. The maximum Gasteiger partial charge on any atom is 0.274 e. The molecule has 0 aliphatic carbocycles. The van der Waals surface area contributed by atoms with Crippen molar-refractivity contribution in [3.8, 4) is 11.5 Å². The highest BCUT2D eigenvalue weighted by Crippen LogP contribution is 2.33. The molecule has 7 heteroatoms. The fourth-order valence-electron chi connectivity index (χ4n) is 4.09. The van der Waals surface area contributed by atoms with Crippen LogP contribution in [0.5, 0.6) is 11.5 Å². The highest BCUT2D eigenvalue weighted by Gasteiger charge is 2.25. The zero-order chi connectivity index (χ0) is 24.1. The standard InChI is InChI=1S/C27H26N2O5/c1-33-24-11-10-20(16-25(24)34-2)23(14-18-6-4-3-5-7-18)27(31)29-13-12-19-8-9-21(26(30)28-32)15-22(19)17-29/h3-11,14-16,32H,12-13,17H2,1-2H3,(H,28,30)/b23-14+. The van der Waals surface area contributed by atoms with Crippen LogP contribution >= 0.6 is 0 Å². The lowest BCUT2D eigenvalue weighted by Crippen LogP contribution is -2.36. The lowest BCUT2D eigenvalue weighted by atomic mass is 9.95. The van der Waals surface area contributed by atoms with E-state index in [4.69, 9.17) is 14.7 Å². The molecule has 3 aromatic carbocycles. The first-order valence-electron chi connectivity index (χ1n) is 10.9. The molecule has 1 aliphatic rings. The Bertz CT molecular complexity index is 1240. The largest absolute Gasteiger partial charge is 0.493 e. The molecule has 3 aromatic rings. The smallest absolute Gasteiger partial charge is 0.274 e. The van der Waals surface area contributed by atoms with Crippen LogP contribution in [0.1, 0.15) is 32.6 Å². The second-order valence-electron chi connectivity index (χ2n) is 7.94. The van der Waals surface area contributed by atoms with Crippen LogP contribution < -0.4 is 15.0 Å². The normalized spacial score (nSPS) is 13.1. The maximum atomic E-state index is 13.8. The second kappa shape index (κ2) is 10.2. The van der Waals surface area contributed by atoms with Gasteiger partial charge in [-0.15, -0.1) is 0 Å². The van der Waals surface area contributed by atoms with Gasteiger partial charge in [0.05, 0.1) is 14.2 Å². The van der Waals surface area contributed by atoms with Gasteiger partial charge in [0.2, 0.25) is 0 Å². The molecule has 0 aromatic heterocycles. The summed E-state index contributed by atoms with van der Waals surface area (Å²) >= 11 is 0. The molecule has 0 saturated carbocycles. The van der Waals surface area contributed by atoms with E-state index in [0.717, 1.165) is 16.7 Å². The summed E-state index contributed by atoms with van der Waals surface area (Å²) in [7, 11) is 3.13. The van der Waals surface area contributed by atoms with Crippen LogP contribution in [0.25, 0.3) is 11.6 Å². The molecule has 0 fully saturated rings. The molecule has 0 spiro atoms. The van der Waals surface area contributed by atoms with Gasteiger partial charge in [-0.3, -0.25) is 14.8 Å². The average molecular weight is 459 g/mol. The molecule has 0 saturated heterocycles. The van der Waals surface area contributed by atoms with E-state index in [0.29, 0.717) is 47.7 Å². The van der Waals surface area contributed by atoms with Crippen LogP contribution in [0.3, 0.4) is 0 Å². The molecule has 2 amide bonds. The number of hydrogen-bond donors (Lipinski definition) is 2. The molecule has 174 valence electrons. The van der Waals surface area contributed by atoms with Gasteiger partial charge in [0.25, 0.3) is 11.8 Å². The number of ether oxygens (including phenoxy) is 2. The third kappa shape index (κ3) is 4.79. The first-order chi connectivity index (χ1) is 16.5. The number of amides is 2. The maximum absolute atomic E-state index is 13.8. The van der Waals surface area contributed by atoms with Crippen LogP contribution in [0.4, 0.5) is 0 Å². The Kier molecular flexibility index (Phi) is 6.94. The molecule has 0 radical (unpaired) electrons. The average Bonchev–Trinajstić information content (AvgIpc) is 2.90. The third-order valence-electron chi connectivity index (χ3n) is 5.91. The van der Waals surface area contributed by atoms with E-state index in [1.54, 1.807) is 48.9 Å². The topological polar surface area (TPSA) is 88.1 Å². The molecule has 1 aliphatic heterocycles. The Morgan fingerprint density at radius 2 is 1.65 bits per heavy atom. The van der Waals surface area contributed by atoms with Gasteiger partial charge >= 0.3 is 0 Å². The number of carbonyl (C=O) groups is 2. The highest BCUT2D eigenvalue weighted by atomic mass is 16.5. The monoisotopic (exact) mass is 458 g/mol. The lowest BCUT2D eigenvalue weighted by Gasteiger charge is -2.30. The molecule has 0 unspecified atom stereocenters. The van der Waals surface area contributed by atoms with Crippen molar-refractivity contribution in [3.05, 3.63) is 94.5 Å². The highest BCUT2D eigenvalue weighted by molar-refractivity contribution is 6.24. The van der Waals surface area contributed by atoms with Crippen LogP contribution in [-0.2, 0) is 17.8 Å². The van der Waals surface area contributed by atoms with Crippen molar-refractivity contribution in [2.24, 2.45) is 0 Å². The van der Waals surface area contributed by atoms with Crippen molar-refractivity contribution in [2.75, 3.05) is 20.8 Å². The molecular formula is C27H26N2O5. The molecule has 4 rings (SSSR count). The number of hydrogen-bond acceptors (Lipinski definition) is 5. The fraction of sp³-hybridized carbons (Fsp3) is 0.185. The van der Waals surface area contributed by atoms with Crippen molar-refractivity contribution in [2.45, 2.75) is 13.0 Å². The first kappa shape index (κ1) is 23.1. The van der Waals surface area contributed by atoms with E-state index in [1.165, 1.54) is 0 Å². The van der Waals surface area contributed by atoms with Gasteiger partial charge in [0, 0.05) is 24.2 Å². The minimum Gasteiger partial charge on any atom is -0.493 e. The van der Waals surface area contributed by atoms with Gasteiger partial charge in [-0.2, -0.15) is 0 Å². The van der Waals surface area contributed by atoms with E-state index < -0.39 is 5.91 Å². The van der Waals surface area contributed by atoms with Crippen molar-refractivity contribution in [3.63, 3.8) is 0 Å². The zero-order valence-electron chi connectivity index (χ0n) is 19.1. The molecule has 0 bridgehead atoms. The summed E-state index contributed by atoms with van der Waals surface area (Å²) < 4.78 is 10.8. The van der Waals surface area contributed by atoms with E-state index >= 15 is 0 Å². The summed E-state index contributed by atoms with van der Waals surface area (Å²) in [6.45, 7) is 0.914. The Hall–Kier alpha value is -4.10. The summed E-state index contributed by atoms with van der Waals surface area (Å²) in [6, 6.07) is 20.4. The van der Waals surface area contributed by atoms with Crippen LogP contribution in [0.15, 0.2) is 66.7 Å². The number of nitrogens with zero attached hydrogens (tertiary/aromatic N) is 1. The molecule has 1 heterocycles. The lowest BCUT2D eigenvalue weighted by molar-refractivity contribution is -0.125. The predicted molar refractivity (Wildman–Crippen MR) is 129 cm³/mol. The Balaban J connectivity index is 1.71. The van der Waals surface area contributed by atoms with Gasteiger partial charge in [-0.25, -0.2) is 5.48 Å². The minimum atomic E-state index is -0.582. The third-order valence-corrected chi connectivity index (χ3v) is 5.91. The van der Waals surface area contributed by atoms with Crippen molar-refractivity contribution >= 4 is 23.5 Å². The number of hydroxylamine groups is 1. The summed E-state index contributed by atoms with van der Waals surface area (Å²) in [6.07, 6.45) is 2.54. The molecule has 7 nitrogen and oxygen atoms in total. The molecule has 0 atom stereocenters. The van der Waals surface area contributed by atoms with Gasteiger partial charge in [-0.1, -0.05) is 42.5 Å². The van der Waals surface area contributed by atoms with Crippen molar-refractivity contribution < 1.29 is 24.3 Å². The first-order valence-corrected chi connectivity index (χ1v) is 10.9. The van der Waals surface area contributed by atoms with Gasteiger partial charge in [0.1, 0.15) is 0 Å². The van der Waals surface area contributed by atoms with Crippen molar-refractivity contribution in [1.82, 2.24) is 10.4 Å². The van der Waals surface area contributed by atoms with Gasteiger partial charge in [0.15, 0.2) is 11.5 Å².